The maximum absolute atomic E-state index is 14.1. The fraction of sp³-hybridized carbons (Fsp3) is 0.472. The van der Waals surface area contributed by atoms with Gasteiger partial charge in [0.2, 0.25) is 11.8 Å². The Morgan fingerprint density at radius 2 is 1.74 bits per heavy atom. The van der Waals surface area contributed by atoms with Crippen LogP contribution in [0.3, 0.4) is 0 Å². The summed E-state index contributed by atoms with van der Waals surface area (Å²) in [4.78, 5) is 30.3. The molecule has 244 valence electrons. The predicted octanol–water partition coefficient (Wildman–Crippen LogP) is 3.72. The highest BCUT2D eigenvalue weighted by atomic mass is 32.2. The smallest absolute Gasteiger partial charge is 0.246 e. The Balaban J connectivity index is 1.34. The van der Waals surface area contributed by atoms with Crippen molar-refractivity contribution in [2.24, 2.45) is 5.41 Å². The highest BCUT2D eigenvalue weighted by molar-refractivity contribution is 7.99. The molecule has 2 saturated heterocycles. The van der Waals surface area contributed by atoms with Crippen LogP contribution in [0.15, 0.2) is 60.7 Å². The molecule has 0 bridgehead atoms. The second kappa shape index (κ2) is 18.1. The van der Waals surface area contributed by atoms with Gasteiger partial charge >= 0.3 is 0 Å². The van der Waals surface area contributed by atoms with Crippen molar-refractivity contribution in [3.63, 3.8) is 0 Å². The largest absolute Gasteiger partial charge is 0.368 e. The normalized spacial score (nSPS) is 20.6. The average molecular weight is 661 g/mol. The first-order chi connectivity index (χ1) is 22.3. The number of carbonyl (C=O) groups excluding carboxylic acids is 2. The predicted molar refractivity (Wildman–Crippen MR) is 188 cm³/mol. The molecule has 0 unspecified atom stereocenters. The number of amides is 2. The van der Waals surface area contributed by atoms with Crippen LogP contribution < -0.4 is 16.0 Å². The van der Waals surface area contributed by atoms with Gasteiger partial charge in [-0.25, -0.2) is 0 Å². The Labute approximate surface area is 283 Å². The van der Waals surface area contributed by atoms with Crippen molar-refractivity contribution in [3.05, 3.63) is 71.8 Å². The Hall–Kier alpha value is -3.38. The lowest BCUT2D eigenvalue weighted by Gasteiger charge is -2.35. The maximum Gasteiger partial charge on any atom is 0.246 e. The number of hydrogen-bond acceptors (Lipinski definition) is 7. The minimum Gasteiger partial charge on any atom is -0.368 e. The number of benzene rings is 2. The van der Waals surface area contributed by atoms with Crippen molar-refractivity contribution in [1.29, 1.82) is 0 Å². The van der Waals surface area contributed by atoms with Crippen LogP contribution in [0, 0.1) is 29.1 Å². The van der Waals surface area contributed by atoms with Crippen LogP contribution >= 0.6 is 24.0 Å². The number of likely N-dealkylation sites (N-methyl/N-ethyl adjacent to an activating group) is 1. The lowest BCUT2D eigenvalue weighted by Crippen LogP contribution is -2.57. The topological polar surface area (TPSA) is 91.9 Å². The first kappa shape index (κ1) is 35.5. The van der Waals surface area contributed by atoms with Crippen LogP contribution in [0.1, 0.15) is 43.9 Å². The molecular weight excluding hydrogens is 617 g/mol. The number of hydrogen-bond donors (Lipinski definition) is 3. The van der Waals surface area contributed by atoms with E-state index < -0.39 is 23.5 Å². The van der Waals surface area contributed by atoms with Gasteiger partial charge in [-0.3, -0.25) is 9.59 Å². The van der Waals surface area contributed by atoms with Crippen LogP contribution in [-0.2, 0) is 25.5 Å². The summed E-state index contributed by atoms with van der Waals surface area (Å²) in [6.07, 6.45) is 2.23. The van der Waals surface area contributed by atoms with Crippen LogP contribution in [0.25, 0.3) is 0 Å². The van der Waals surface area contributed by atoms with Crippen molar-refractivity contribution >= 4 is 40.8 Å². The SMILES string of the molecule is CNCC(=S)N[C@H]1CCS[C@H]2CC(C)(C)[C@@H](C(=O)N[C@H](COCC#CC#CCOCCc3ccccc3)c3ccccc3)N2C1=O. The van der Waals surface area contributed by atoms with Crippen molar-refractivity contribution in [1.82, 2.24) is 20.9 Å². The molecule has 2 aromatic rings. The first-order valence-corrected chi connectivity index (χ1v) is 17.1. The number of thiocarbonyl (C=S) groups is 1. The Morgan fingerprint density at radius 1 is 1.07 bits per heavy atom. The average Bonchev–Trinajstić information content (AvgIpc) is 3.24. The van der Waals surface area contributed by atoms with E-state index in [4.69, 9.17) is 21.7 Å². The van der Waals surface area contributed by atoms with E-state index >= 15 is 0 Å². The summed E-state index contributed by atoms with van der Waals surface area (Å²) in [5, 5.41) is 9.39. The van der Waals surface area contributed by atoms with Gasteiger partial charge in [-0.1, -0.05) is 98.6 Å². The van der Waals surface area contributed by atoms with Crippen LogP contribution in [0.2, 0.25) is 0 Å². The van der Waals surface area contributed by atoms with Gasteiger partial charge in [-0.15, -0.1) is 11.8 Å². The second-order valence-electron chi connectivity index (χ2n) is 12.0. The van der Waals surface area contributed by atoms with Gasteiger partial charge in [0.25, 0.3) is 0 Å². The number of rotatable bonds is 13. The summed E-state index contributed by atoms with van der Waals surface area (Å²) >= 11 is 7.17. The van der Waals surface area contributed by atoms with Gasteiger partial charge in [0, 0.05) is 6.54 Å². The zero-order valence-electron chi connectivity index (χ0n) is 26.8. The van der Waals surface area contributed by atoms with Gasteiger partial charge in [-0.2, -0.15) is 0 Å². The lowest BCUT2D eigenvalue weighted by atomic mass is 9.84. The number of nitrogens with zero attached hydrogens (tertiary/aromatic N) is 1. The van der Waals surface area contributed by atoms with E-state index in [1.807, 2.05) is 55.6 Å². The Kier molecular flexibility index (Phi) is 13.9. The van der Waals surface area contributed by atoms with Crippen molar-refractivity contribution in [2.75, 3.05) is 45.8 Å². The minimum absolute atomic E-state index is 0.0695. The highest BCUT2D eigenvalue weighted by Gasteiger charge is 2.54. The van der Waals surface area contributed by atoms with Crippen LogP contribution in [0.4, 0.5) is 0 Å². The van der Waals surface area contributed by atoms with Gasteiger partial charge in [0.15, 0.2) is 0 Å². The summed E-state index contributed by atoms with van der Waals surface area (Å²) in [5.41, 5.74) is 1.73. The molecule has 10 heteroatoms. The fourth-order valence-electron chi connectivity index (χ4n) is 5.76. The van der Waals surface area contributed by atoms with Gasteiger partial charge in [-0.05, 0) is 60.4 Å². The molecule has 0 aliphatic carbocycles. The van der Waals surface area contributed by atoms with E-state index in [1.54, 1.807) is 16.7 Å². The van der Waals surface area contributed by atoms with Gasteiger partial charge in [0.1, 0.15) is 25.3 Å². The standard InChI is InChI=1S/C36H44N4O4S2/c1-36(2)24-32-40(35(42)29(19-23-46-32)38-31(45)25-37-3)33(36)34(41)39-30(28-16-10-7-11-17-28)26-44-21-13-5-4-12-20-43-22-18-27-14-8-6-9-15-27/h6-11,14-17,29-30,32-33,37H,18-26H2,1-3H3,(H,38,45)(H,39,41)/t29-,30+,32-,33+/m0/s1. The third-order valence-electron chi connectivity index (χ3n) is 7.99. The van der Waals surface area contributed by atoms with Gasteiger partial charge in [0.05, 0.1) is 29.6 Å². The van der Waals surface area contributed by atoms with Crippen LogP contribution in [-0.4, -0.2) is 84.9 Å². The number of ether oxygens (including phenoxy) is 2. The summed E-state index contributed by atoms with van der Waals surface area (Å²) < 4.78 is 11.5. The number of nitrogens with one attached hydrogen (secondary N) is 3. The molecule has 46 heavy (non-hydrogen) atoms. The molecule has 0 aromatic heterocycles. The van der Waals surface area contributed by atoms with E-state index in [-0.39, 0.29) is 30.4 Å². The van der Waals surface area contributed by atoms with E-state index in [9.17, 15) is 9.59 Å². The molecule has 2 fully saturated rings. The third kappa shape index (κ3) is 10.3. The molecule has 0 spiro atoms. The molecule has 4 atom stereocenters. The summed E-state index contributed by atoms with van der Waals surface area (Å²) in [6.45, 7) is 5.93. The molecule has 0 radical (unpaired) electrons. The molecule has 2 amide bonds. The minimum atomic E-state index is -0.631. The molecule has 3 N–H and O–H groups in total. The molecule has 4 rings (SSSR count). The molecule has 2 aliphatic rings. The Bertz CT molecular complexity index is 1430. The quantitative estimate of drug-likeness (QED) is 0.170. The van der Waals surface area contributed by atoms with Crippen LogP contribution in [0.5, 0.6) is 0 Å². The first-order valence-electron chi connectivity index (χ1n) is 15.7. The molecule has 2 aromatic carbocycles. The van der Waals surface area contributed by atoms with E-state index in [0.717, 1.165) is 24.2 Å². The molecule has 8 nitrogen and oxygen atoms in total. The molecule has 2 heterocycles. The van der Waals surface area contributed by atoms with E-state index in [2.05, 4.69) is 65.6 Å². The second-order valence-corrected chi connectivity index (χ2v) is 13.8. The van der Waals surface area contributed by atoms with E-state index in [1.165, 1.54) is 5.56 Å². The van der Waals surface area contributed by atoms with Crippen molar-refractivity contribution < 1.29 is 19.1 Å². The lowest BCUT2D eigenvalue weighted by molar-refractivity contribution is -0.142. The number of carbonyl (C=O) groups is 2. The van der Waals surface area contributed by atoms with Crippen molar-refractivity contribution in [3.8, 4) is 23.7 Å². The zero-order valence-corrected chi connectivity index (χ0v) is 28.5. The van der Waals surface area contributed by atoms with Crippen molar-refractivity contribution in [2.45, 2.75) is 56.6 Å². The highest BCUT2D eigenvalue weighted by Crippen LogP contribution is 2.46. The number of thioether (sulfide) groups is 1. The molecule has 0 saturated carbocycles. The zero-order chi connectivity index (χ0) is 32.8. The van der Waals surface area contributed by atoms with E-state index in [0.29, 0.717) is 31.2 Å². The monoisotopic (exact) mass is 660 g/mol. The third-order valence-corrected chi connectivity index (χ3v) is 9.50. The Morgan fingerprint density at radius 3 is 2.43 bits per heavy atom. The fourth-order valence-corrected chi connectivity index (χ4v) is 7.63. The molecular formula is C36H44N4O4S2. The molecule has 2 aliphatic heterocycles. The summed E-state index contributed by atoms with van der Waals surface area (Å²) in [7, 11) is 1.82. The summed E-state index contributed by atoms with van der Waals surface area (Å²) in [6, 6.07) is 18.4. The number of fused-ring (bicyclic) bond motifs is 1. The summed E-state index contributed by atoms with van der Waals surface area (Å²) in [5.74, 6) is 12.0. The van der Waals surface area contributed by atoms with Gasteiger partial charge < -0.3 is 30.3 Å². The maximum atomic E-state index is 14.1.